The average molecular weight is 720 g/mol. The Morgan fingerprint density at radius 1 is 0.364 bits per heavy atom. The van der Waals surface area contributed by atoms with E-state index in [0.29, 0.717) is 0 Å². The Labute approximate surface area is 322 Å². The van der Waals surface area contributed by atoms with Crippen LogP contribution in [0, 0.1) is 0 Å². The van der Waals surface area contributed by atoms with Crippen LogP contribution < -0.4 is 4.90 Å². The fourth-order valence-corrected chi connectivity index (χ4v) is 9.60. The summed E-state index contributed by atoms with van der Waals surface area (Å²) in [5.41, 5.74) is 12.3. The maximum absolute atomic E-state index is 6.47. The molecule has 2 heterocycles. The molecule has 0 aliphatic heterocycles. The number of thiophene rings is 1. The third kappa shape index (κ3) is 5.16. The summed E-state index contributed by atoms with van der Waals surface area (Å²) in [6.45, 7) is 0. The number of hydrogen-bond acceptors (Lipinski definition) is 3. The third-order valence-electron chi connectivity index (χ3n) is 10.9. The standard InChI is InChI=1S/C52H33NOS/c1-3-14-34(15-4-1)38-30-32-46(42-19-8-7-18-41(38)42)53(37-28-26-36(27-29-37)40-22-13-23-44-43-20-9-11-24-48(43)54-51(40)44)47-33-31-39(35-16-5-2-6-17-35)50-45-21-10-12-25-49(45)55-52(47)50/h1-33H. The Bertz CT molecular complexity index is 3190. The SMILES string of the molecule is c1ccc(-c2ccc(N(c3ccc(-c4cccc5c4oc4ccccc45)cc3)c3ccc(-c4ccccc4)c4c3sc3ccccc34)c3ccccc23)cc1. The van der Waals surface area contributed by atoms with Gasteiger partial charge >= 0.3 is 0 Å². The Kier molecular flexibility index (Phi) is 7.39. The monoisotopic (exact) mass is 719 g/mol. The van der Waals surface area contributed by atoms with Gasteiger partial charge in [-0.05, 0) is 69.6 Å². The highest BCUT2D eigenvalue weighted by atomic mass is 32.1. The molecule has 9 aromatic carbocycles. The molecule has 0 fully saturated rings. The number of furan rings is 1. The van der Waals surface area contributed by atoms with E-state index in [1.54, 1.807) is 0 Å². The normalized spacial score (nSPS) is 11.6. The van der Waals surface area contributed by atoms with Gasteiger partial charge in [0.25, 0.3) is 0 Å². The first kappa shape index (κ1) is 31.6. The molecule has 0 aliphatic carbocycles. The van der Waals surface area contributed by atoms with Gasteiger partial charge in [-0.15, -0.1) is 11.3 Å². The number of benzene rings is 9. The van der Waals surface area contributed by atoms with Crippen molar-refractivity contribution in [2.24, 2.45) is 0 Å². The minimum atomic E-state index is 0.907. The Morgan fingerprint density at radius 2 is 0.945 bits per heavy atom. The molecule has 11 rings (SSSR count). The summed E-state index contributed by atoms with van der Waals surface area (Å²) in [5.74, 6) is 0. The van der Waals surface area contributed by atoms with Crippen LogP contribution in [0.4, 0.5) is 17.1 Å². The van der Waals surface area contributed by atoms with Crippen LogP contribution in [0.15, 0.2) is 205 Å². The lowest BCUT2D eigenvalue weighted by molar-refractivity contribution is 0.670. The average Bonchev–Trinajstić information content (AvgIpc) is 3.84. The molecule has 2 nitrogen and oxygen atoms in total. The van der Waals surface area contributed by atoms with E-state index in [2.05, 4.69) is 193 Å². The summed E-state index contributed by atoms with van der Waals surface area (Å²) in [7, 11) is 0. The van der Waals surface area contributed by atoms with Crippen molar-refractivity contribution in [2.75, 3.05) is 4.90 Å². The van der Waals surface area contributed by atoms with Gasteiger partial charge in [-0.1, -0.05) is 164 Å². The van der Waals surface area contributed by atoms with Crippen LogP contribution in [0.3, 0.4) is 0 Å². The van der Waals surface area contributed by atoms with Crippen molar-refractivity contribution in [1.29, 1.82) is 0 Å². The molecule has 3 heteroatoms. The van der Waals surface area contributed by atoms with E-state index in [1.165, 1.54) is 53.2 Å². The maximum Gasteiger partial charge on any atom is 0.143 e. The molecular weight excluding hydrogens is 687 g/mol. The minimum absolute atomic E-state index is 0.907. The Balaban J connectivity index is 1.16. The molecular formula is C52H33NOS. The van der Waals surface area contributed by atoms with E-state index >= 15 is 0 Å². The van der Waals surface area contributed by atoms with Gasteiger partial charge in [-0.25, -0.2) is 0 Å². The summed E-state index contributed by atoms with van der Waals surface area (Å²) >= 11 is 1.87. The second-order valence-electron chi connectivity index (χ2n) is 14.0. The molecule has 0 N–H and O–H groups in total. The molecule has 0 aliphatic rings. The van der Waals surface area contributed by atoms with Crippen molar-refractivity contribution >= 4 is 81.3 Å². The number of para-hydroxylation sites is 2. The first-order valence-corrected chi connectivity index (χ1v) is 19.5. The van der Waals surface area contributed by atoms with Gasteiger partial charge in [0.05, 0.1) is 16.1 Å². The van der Waals surface area contributed by atoms with Crippen LogP contribution in [0.2, 0.25) is 0 Å². The van der Waals surface area contributed by atoms with Crippen molar-refractivity contribution in [1.82, 2.24) is 0 Å². The van der Waals surface area contributed by atoms with Crippen molar-refractivity contribution in [2.45, 2.75) is 0 Å². The largest absolute Gasteiger partial charge is 0.455 e. The van der Waals surface area contributed by atoms with Crippen LogP contribution in [0.5, 0.6) is 0 Å². The molecule has 0 amide bonds. The van der Waals surface area contributed by atoms with Gasteiger partial charge in [0.15, 0.2) is 0 Å². The fourth-order valence-electron chi connectivity index (χ4n) is 8.37. The van der Waals surface area contributed by atoms with Crippen LogP contribution in [-0.4, -0.2) is 0 Å². The zero-order valence-electron chi connectivity index (χ0n) is 29.8. The van der Waals surface area contributed by atoms with Gasteiger partial charge in [0, 0.05) is 42.9 Å². The lowest BCUT2D eigenvalue weighted by Gasteiger charge is -2.28. The molecule has 0 bridgehead atoms. The van der Waals surface area contributed by atoms with E-state index in [0.717, 1.165) is 50.1 Å². The quantitative estimate of drug-likeness (QED) is 0.170. The number of rotatable bonds is 6. The fraction of sp³-hybridized carbons (Fsp3) is 0. The molecule has 11 aromatic rings. The summed E-state index contributed by atoms with van der Waals surface area (Å²) in [6, 6.07) is 72.1. The number of hydrogen-bond donors (Lipinski definition) is 0. The van der Waals surface area contributed by atoms with E-state index in [-0.39, 0.29) is 0 Å². The van der Waals surface area contributed by atoms with Gasteiger partial charge in [0.1, 0.15) is 11.2 Å². The summed E-state index contributed by atoms with van der Waals surface area (Å²) in [4.78, 5) is 2.47. The van der Waals surface area contributed by atoms with Gasteiger partial charge in [0.2, 0.25) is 0 Å². The summed E-state index contributed by atoms with van der Waals surface area (Å²) in [5, 5.41) is 7.25. The molecule has 0 saturated heterocycles. The van der Waals surface area contributed by atoms with Crippen LogP contribution >= 0.6 is 11.3 Å². The first-order chi connectivity index (χ1) is 27.3. The van der Waals surface area contributed by atoms with E-state index in [9.17, 15) is 0 Å². The topological polar surface area (TPSA) is 16.4 Å². The number of fused-ring (bicyclic) bond motifs is 7. The van der Waals surface area contributed by atoms with E-state index in [1.807, 2.05) is 23.5 Å². The summed E-state index contributed by atoms with van der Waals surface area (Å²) < 4.78 is 9.00. The van der Waals surface area contributed by atoms with Crippen molar-refractivity contribution in [3.05, 3.63) is 200 Å². The number of anilines is 3. The highest BCUT2D eigenvalue weighted by Gasteiger charge is 2.23. The minimum Gasteiger partial charge on any atom is -0.455 e. The van der Waals surface area contributed by atoms with Gasteiger partial charge in [-0.3, -0.25) is 0 Å². The highest BCUT2D eigenvalue weighted by Crippen LogP contribution is 2.50. The smallest absolute Gasteiger partial charge is 0.143 e. The molecule has 0 radical (unpaired) electrons. The lowest BCUT2D eigenvalue weighted by Crippen LogP contribution is -2.11. The van der Waals surface area contributed by atoms with Gasteiger partial charge < -0.3 is 9.32 Å². The Hall–Kier alpha value is -6.94. The molecule has 0 unspecified atom stereocenters. The van der Waals surface area contributed by atoms with Crippen LogP contribution in [-0.2, 0) is 0 Å². The van der Waals surface area contributed by atoms with Crippen molar-refractivity contribution in [3.8, 4) is 33.4 Å². The second kappa shape index (κ2) is 12.9. The third-order valence-corrected chi connectivity index (χ3v) is 12.1. The Morgan fingerprint density at radius 3 is 1.73 bits per heavy atom. The predicted octanol–water partition coefficient (Wildman–Crippen LogP) is 15.6. The van der Waals surface area contributed by atoms with Crippen LogP contribution in [0.1, 0.15) is 0 Å². The molecule has 55 heavy (non-hydrogen) atoms. The maximum atomic E-state index is 6.47. The number of nitrogens with zero attached hydrogens (tertiary/aromatic N) is 1. The second-order valence-corrected chi connectivity index (χ2v) is 15.1. The van der Waals surface area contributed by atoms with Gasteiger partial charge in [-0.2, -0.15) is 0 Å². The van der Waals surface area contributed by atoms with Crippen LogP contribution in [0.25, 0.3) is 86.3 Å². The molecule has 2 aromatic heterocycles. The van der Waals surface area contributed by atoms with Crippen molar-refractivity contribution in [3.63, 3.8) is 0 Å². The molecule has 258 valence electrons. The lowest BCUT2D eigenvalue weighted by atomic mass is 9.95. The van der Waals surface area contributed by atoms with Crippen molar-refractivity contribution < 1.29 is 4.42 Å². The molecule has 0 saturated carbocycles. The first-order valence-electron chi connectivity index (χ1n) is 18.7. The van der Waals surface area contributed by atoms with E-state index in [4.69, 9.17) is 4.42 Å². The zero-order chi connectivity index (χ0) is 36.3. The zero-order valence-corrected chi connectivity index (χ0v) is 30.6. The molecule has 0 spiro atoms. The predicted molar refractivity (Wildman–Crippen MR) is 235 cm³/mol. The summed E-state index contributed by atoms with van der Waals surface area (Å²) in [6.07, 6.45) is 0. The molecule has 0 atom stereocenters. The van der Waals surface area contributed by atoms with E-state index < -0.39 is 0 Å². The highest BCUT2D eigenvalue weighted by molar-refractivity contribution is 7.26.